The van der Waals surface area contributed by atoms with Crippen molar-refractivity contribution in [2.75, 3.05) is 34.2 Å². The molecule has 0 spiro atoms. The van der Waals surface area contributed by atoms with E-state index in [0.29, 0.717) is 82.9 Å². The molecule has 9 rings (SSSR count). The van der Waals surface area contributed by atoms with Crippen molar-refractivity contribution in [1.29, 1.82) is 0 Å². The summed E-state index contributed by atoms with van der Waals surface area (Å²) in [4.78, 5) is 73.2. The highest BCUT2D eigenvalue weighted by Gasteiger charge is 2.58. The van der Waals surface area contributed by atoms with E-state index in [9.17, 15) is 33.9 Å². The Labute approximate surface area is 438 Å². The fourth-order valence-electron chi connectivity index (χ4n) is 6.89. The third kappa shape index (κ3) is 14.2. The number of aliphatic carboxylic acids is 4. The number of aromatic nitrogens is 2. The van der Waals surface area contributed by atoms with Crippen LogP contribution in [0, 0.1) is 16.2 Å². The van der Waals surface area contributed by atoms with Crippen LogP contribution in [0.15, 0.2) is 97.3 Å². The molecule has 0 aliphatic heterocycles. The predicted molar refractivity (Wildman–Crippen MR) is 272 cm³/mol. The normalized spacial score (nSPS) is 14.4. The van der Waals surface area contributed by atoms with Gasteiger partial charge in [0.25, 0.3) is 0 Å². The molecule has 0 unspecified atom stereocenters. The molecule has 6 N–H and O–H groups in total. The maximum absolute atomic E-state index is 12.3. The number of carboxylic acid groups (broad SMARTS) is 4. The highest BCUT2D eigenvalue weighted by atomic mass is 36.0. The Bertz CT molecular complexity index is 3000. The van der Waals surface area contributed by atoms with Gasteiger partial charge in [-0.2, -0.15) is 0 Å². The minimum absolute atomic E-state index is 0.0990. The smallest absolute Gasteiger partial charge is 0.321 e. The summed E-state index contributed by atoms with van der Waals surface area (Å²) < 4.78 is 42.4. The Morgan fingerprint density at radius 2 is 0.878 bits per heavy atom. The molecule has 0 bridgehead atoms. The maximum Gasteiger partial charge on any atom is 0.321 e. The molecule has 20 nitrogen and oxygen atoms in total. The Balaban J connectivity index is 0.000000199. The number of hydrogen-bond donors (Lipinski definition) is 5. The molecule has 3 saturated carbocycles. The number of ether oxygens (including phenoxy) is 6. The Morgan fingerprint density at radius 3 is 1.16 bits per heavy atom. The zero-order valence-corrected chi connectivity index (χ0v) is 42.9. The van der Waals surface area contributed by atoms with Gasteiger partial charge in [-0.15, -0.1) is 0 Å². The number of methoxy groups -OCH3 is 4. The number of carbonyl (C=O) groups is 6. The van der Waals surface area contributed by atoms with E-state index in [1.165, 1.54) is 0 Å². The van der Waals surface area contributed by atoms with E-state index in [4.69, 9.17) is 65.3 Å². The van der Waals surface area contributed by atoms with E-state index < -0.39 is 54.6 Å². The van der Waals surface area contributed by atoms with E-state index in [1.54, 1.807) is 89.4 Å². The van der Waals surface area contributed by atoms with Gasteiger partial charge in [0.2, 0.25) is 14.5 Å². The van der Waals surface area contributed by atoms with Crippen molar-refractivity contribution in [3.8, 4) is 46.0 Å². The lowest BCUT2D eigenvalue weighted by molar-refractivity contribution is -0.157. The minimum atomic E-state index is -1.67. The number of anilines is 1. The summed E-state index contributed by atoms with van der Waals surface area (Å²) in [7, 11) is 13.7. The molecule has 392 valence electrons. The molecule has 0 saturated heterocycles. The van der Waals surface area contributed by atoms with E-state index in [2.05, 4.69) is 31.3 Å². The molecule has 0 radical (unpaired) electrons. The first-order valence-electron chi connectivity index (χ1n) is 21.8. The Morgan fingerprint density at radius 1 is 0.541 bits per heavy atom. The molecule has 3 aliphatic rings. The van der Waals surface area contributed by atoms with Gasteiger partial charge in [0.05, 0.1) is 39.5 Å². The van der Waals surface area contributed by atoms with Crippen LogP contribution in [0.3, 0.4) is 0 Å². The molecule has 3 fully saturated rings. The third-order valence-electron chi connectivity index (χ3n) is 11.8. The number of fused-ring (bicyclic) bond motifs is 2. The predicted octanol–water partition coefficient (Wildman–Crippen LogP) is 9.24. The summed E-state index contributed by atoms with van der Waals surface area (Å²) in [6.07, 6.45) is 5.63. The summed E-state index contributed by atoms with van der Waals surface area (Å²) in [6.45, 7) is 0. The highest BCUT2D eigenvalue weighted by Crippen LogP contribution is 2.49. The van der Waals surface area contributed by atoms with Gasteiger partial charge in [-0.3, -0.25) is 38.7 Å². The van der Waals surface area contributed by atoms with Crippen LogP contribution in [0.4, 0.5) is 5.69 Å². The van der Waals surface area contributed by atoms with Crippen LogP contribution in [-0.4, -0.2) is 97.9 Å². The van der Waals surface area contributed by atoms with Crippen LogP contribution >= 0.6 is 33.0 Å². The molecule has 0 atom stereocenters. The summed E-state index contributed by atoms with van der Waals surface area (Å²) in [5.74, 6) is 0.217. The fraction of sp³-hybridized carbons (Fsp3) is 0.280. The quantitative estimate of drug-likeness (QED) is 0.0342. The summed E-state index contributed by atoms with van der Waals surface area (Å²) in [6, 6.07) is 25.1. The molecular formula is C50H48Cl3N3O17S. The number of ketones is 1. The van der Waals surface area contributed by atoms with Gasteiger partial charge >= 0.3 is 23.9 Å². The van der Waals surface area contributed by atoms with E-state index in [0.717, 1.165) is 21.9 Å². The number of halogens is 3. The second-order valence-electron chi connectivity index (χ2n) is 16.5. The number of nitrogens with two attached hydrogens (primary N) is 1. The first-order valence-corrected chi connectivity index (χ1v) is 25.0. The van der Waals surface area contributed by atoms with Gasteiger partial charge in [0.15, 0.2) is 34.2 Å². The lowest BCUT2D eigenvalue weighted by Gasteiger charge is -2.13. The van der Waals surface area contributed by atoms with Crippen LogP contribution < -0.4 is 34.2 Å². The van der Waals surface area contributed by atoms with E-state index in [-0.39, 0.29) is 25.0 Å². The van der Waals surface area contributed by atoms with Crippen LogP contribution in [0.1, 0.15) is 44.1 Å². The van der Waals surface area contributed by atoms with Crippen molar-refractivity contribution in [3.05, 3.63) is 103 Å². The van der Waals surface area contributed by atoms with Crippen LogP contribution in [-0.2, 0) is 44.4 Å². The lowest BCUT2D eigenvalue weighted by atomic mass is 9.95. The van der Waals surface area contributed by atoms with Crippen molar-refractivity contribution in [2.45, 2.75) is 44.9 Å². The van der Waals surface area contributed by atoms with Crippen LogP contribution in [0.2, 0.25) is 0 Å². The largest absolute Gasteiger partial charge is 0.493 e. The standard InChI is InChI=1S/C23H21NO6.C17H16N2O3.C5H5ClO3.C5H6O4.Cl2OS/c1-28-19-12-16-17(13-20(19)29-2)24-10-7-18(16)30-15-5-3-14(4-6-15)11-21(25)23(8-9-23)22(26)27;1-20-16-9-13-14(10-17(16)21-2)19-8-7-15(13)22-12-5-3-11(18)4-6-12;2*6-3(7)5(1-2-5)4(8)9;1-4(2)3/h3-7,10,12-13H,8-9,11H2,1-2H3,(H,26,27);3-10H,18H2,1-2H3;1-2H2,(H,8,9);1-2H2,(H,6,7)(H,8,9);. The molecular weight excluding hydrogens is 1050 g/mol. The van der Waals surface area contributed by atoms with Crippen LogP contribution in [0.5, 0.6) is 46.0 Å². The van der Waals surface area contributed by atoms with Crippen molar-refractivity contribution < 1.29 is 81.8 Å². The number of pyridine rings is 2. The number of rotatable bonds is 16. The second kappa shape index (κ2) is 25.0. The molecule has 2 aromatic heterocycles. The van der Waals surface area contributed by atoms with Crippen molar-refractivity contribution in [2.24, 2.45) is 16.2 Å². The van der Waals surface area contributed by atoms with Gasteiger partial charge in [0, 0.05) is 68.8 Å². The van der Waals surface area contributed by atoms with E-state index in [1.807, 2.05) is 36.4 Å². The number of carboxylic acids is 4. The lowest BCUT2D eigenvalue weighted by Crippen LogP contribution is -2.26. The summed E-state index contributed by atoms with van der Waals surface area (Å²) in [5, 5.41) is 35.1. The van der Waals surface area contributed by atoms with Gasteiger partial charge in [0.1, 0.15) is 33.8 Å². The van der Waals surface area contributed by atoms with Gasteiger partial charge < -0.3 is 54.6 Å². The first kappa shape index (κ1) is 57.4. The number of Topliss-reactive ketones (excluding diaryl/α,β-unsaturated/α-hetero) is 1. The second-order valence-corrected chi connectivity index (χ2v) is 19.4. The molecule has 2 heterocycles. The molecule has 6 aromatic rings. The fourth-order valence-corrected chi connectivity index (χ4v) is 7.16. The summed E-state index contributed by atoms with van der Waals surface area (Å²) in [5.41, 5.74) is 4.81. The monoisotopic (exact) mass is 1100 g/mol. The zero-order chi connectivity index (χ0) is 54.5. The first-order chi connectivity index (χ1) is 35.1. The Kier molecular flexibility index (Phi) is 19.4. The zero-order valence-electron chi connectivity index (χ0n) is 39.8. The molecule has 0 amide bonds. The third-order valence-corrected chi connectivity index (χ3v) is 12.2. The number of nitrogens with zero attached hydrogens (tertiary/aromatic N) is 2. The van der Waals surface area contributed by atoms with Crippen molar-refractivity contribution in [3.63, 3.8) is 0 Å². The summed E-state index contributed by atoms with van der Waals surface area (Å²) >= 11 is 5.01. The molecule has 4 aromatic carbocycles. The number of carbonyl (C=O) groups excluding carboxylic acids is 2. The van der Waals surface area contributed by atoms with E-state index >= 15 is 0 Å². The van der Waals surface area contributed by atoms with Gasteiger partial charge in [-0.1, -0.05) is 12.1 Å². The maximum atomic E-state index is 12.3. The van der Waals surface area contributed by atoms with Crippen LogP contribution in [0.25, 0.3) is 21.8 Å². The number of hydrogen-bond acceptors (Lipinski definition) is 16. The highest BCUT2D eigenvalue weighted by molar-refractivity contribution is 8.26. The SMILES string of the molecule is COc1cc2nccc(Oc3ccc(CC(=O)C4(C(=O)O)CC4)cc3)c2cc1OC.COc1cc2nccc(Oc3ccc(N)cc3)c2cc1OC.O=C(O)C1(C(=O)Cl)CC1.O=C(O)C1(C(=O)O)CC1.O=S(Cl)Cl. The minimum Gasteiger partial charge on any atom is -0.493 e. The number of nitrogen functional groups attached to an aromatic ring is 1. The average molecular weight is 1100 g/mol. The number of benzene rings is 4. The van der Waals surface area contributed by atoms with Crippen molar-refractivity contribution >= 4 is 105 Å². The van der Waals surface area contributed by atoms with Crippen molar-refractivity contribution in [1.82, 2.24) is 9.97 Å². The van der Waals surface area contributed by atoms with Gasteiger partial charge in [-0.25, -0.2) is 4.21 Å². The molecule has 74 heavy (non-hydrogen) atoms. The molecule has 3 aliphatic carbocycles. The molecule has 24 heteroatoms. The average Bonchev–Trinajstić information content (AvgIpc) is 4.23. The topological polar surface area (TPSA) is 308 Å². The Hall–Kier alpha value is -7.46. The van der Waals surface area contributed by atoms with Gasteiger partial charge in [-0.05, 0) is 116 Å².